The number of likely N-dealkylation sites (tertiary alicyclic amines) is 1. The van der Waals surface area contributed by atoms with Crippen LogP contribution in [-0.2, 0) is 15.1 Å². The molecule has 1 amide bonds. The highest BCUT2D eigenvalue weighted by molar-refractivity contribution is 5.83. The SMILES string of the molecule is CC(C)(C)OC(=O)N1C2Nc3ccccc3C2(O)C[C@H]1C(=O)O. The van der Waals surface area contributed by atoms with Crippen molar-refractivity contribution in [3.63, 3.8) is 0 Å². The van der Waals surface area contributed by atoms with Gasteiger partial charge in [0.2, 0.25) is 0 Å². The predicted molar refractivity (Wildman–Crippen MR) is 81.9 cm³/mol. The Morgan fingerprint density at radius 3 is 2.61 bits per heavy atom. The molecule has 2 aliphatic heterocycles. The lowest BCUT2D eigenvalue weighted by molar-refractivity contribution is -0.142. The molecular formula is C16H20N2O5. The number of hydrogen-bond donors (Lipinski definition) is 3. The molecule has 23 heavy (non-hydrogen) atoms. The highest BCUT2D eigenvalue weighted by Crippen LogP contribution is 2.49. The van der Waals surface area contributed by atoms with Crippen molar-refractivity contribution in [2.45, 2.75) is 50.6 Å². The maximum Gasteiger partial charge on any atom is 0.412 e. The van der Waals surface area contributed by atoms with Crippen molar-refractivity contribution in [1.29, 1.82) is 0 Å². The number of nitrogens with one attached hydrogen (secondary N) is 1. The molecule has 1 fully saturated rings. The first kappa shape index (κ1) is 15.6. The number of aliphatic hydroxyl groups is 1. The molecule has 0 radical (unpaired) electrons. The average molecular weight is 320 g/mol. The third-order valence-electron chi connectivity index (χ3n) is 4.15. The molecule has 124 valence electrons. The second-order valence-corrected chi connectivity index (χ2v) is 6.96. The van der Waals surface area contributed by atoms with Crippen molar-refractivity contribution in [1.82, 2.24) is 4.90 Å². The lowest BCUT2D eigenvalue weighted by Crippen LogP contribution is -2.51. The number of para-hydroxylation sites is 1. The zero-order chi connectivity index (χ0) is 17.0. The molecule has 7 heteroatoms. The third-order valence-corrected chi connectivity index (χ3v) is 4.15. The van der Waals surface area contributed by atoms with Crippen molar-refractivity contribution < 1.29 is 24.5 Å². The quantitative estimate of drug-likeness (QED) is 0.729. The molecule has 0 aliphatic carbocycles. The molecule has 7 nitrogen and oxygen atoms in total. The van der Waals surface area contributed by atoms with E-state index in [1.165, 1.54) is 0 Å². The molecule has 3 N–H and O–H groups in total. The summed E-state index contributed by atoms with van der Waals surface area (Å²) >= 11 is 0. The summed E-state index contributed by atoms with van der Waals surface area (Å²) in [7, 11) is 0. The summed E-state index contributed by atoms with van der Waals surface area (Å²) < 4.78 is 5.33. The van der Waals surface area contributed by atoms with Crippen LogP contribution in [0.15, 0.2) is 24.3 Å². The Labute approximate surface area is 133 Å². The minimum atomic E-state index is -1.45. The van der Waals surface area contributed by atoms with Crippen LogP contribution in [0.5, 0.6) is 0 Å². The first-order valence-corrected chi connectivity index (χ1v) is 7.46. The van der Waals surface area contributed by atoms with Gasteiger partial charge in [-0.1, -0.05) is 18.2 Å². The normalized spacial score (nSPS) is 28.8. The summed E-state index contributed by atoms with van der Waals surface area (Å²) in [6.45, 7) is 5.12. The second kappa shape index (κ2) is 4.86. The zero-order valence-corrected chi connectivity index (χ0v) is 13.2. The van der Waals surface area contributed by atoms with Crippen molar-refractivity contribution in [3.8, 4) is 0 Å². The monoisotopic (exact) mass is 320 g/mol. The van der Waals surface area contributed by atoms with Gasteiger partial charge >= 0.3 is 12.1 Å². The van der Waals surface area contributed by atoms with Gasteiger partial charge in [-0.15, -0.1) is 0 Å². The minimum absolute atomic E-state index is 0.0870. The Morgan fingerprint density at radius 1 is 1.35 bits per heavy atom. The van der Waals surface area contributed by atoms with E-state index in [0.717, 1.165) is 4.90 Å². The van der Waals surface area contributed by atoms with Crippen molar-refractivity contribution in [2.24, 2.45) is 0 Å². The van der Waals surface area contributed by atoms with Crippen LogP contribution < -0.4 is 5.32 Å². The number of fused-ring (bicyclic) bond motifs is 3. The van der Waals surface area contributed by atoms with E-state index in [-0.39, 0.29) is 6.42 Å². The molecule has 0 spiro atoms. The van der Waals surface area contributed by atoms with E-state index in [4.69, 9.17) is 4.74 Å². The molecule has 2 aliphatic rings. The molecule has 1 aromatic rings. The zero-order valence-electron chi connectivity index (χ0n) is 13.2. The highest BCUT2D eigenvalue weighted by atomic mass is 16.6. The summed E-state index contributed by atoms with van der Waals surface area (Å²) in [5.41, 5.74) is -0.914. The lowest BCUT2D eigenvalue weighted by Gasteiger charge is -2.31. The van der Waals surface area contributed by atoms with Gasteiger partial charge in [0, 0.05) is 17.7 Å². The number of hydrogen-bond acceptors (Lipinski definition) is 5. The predicted octanol–water partition coefficient (Wildman–Crippen LogP) is 1.72. The fourth-order valence-corrected chi connectivity index (χ4v) is 3.25. The fraction of sp³-hybridized carbons (Fsp3) is 0.500. The largest absolute Gasteiger partial charge is 0.480 e. The van der Waals surface area contributed by atoms with E-state index in [2.05, 4.69) is 5.32 Å². The Bertz CT molecular complexity index is 669. The maximum absolute atomic E-state index is 12.5. The summed E-state index contributed by atoms with van der Waals surface area (Å²) in [6.07, 6.45) is -1.71. The van der Waals surface area contributed by atoms with Crippen molar-refractivity contribution in [3.05, 3.63) is 29.8 Å². The summed E-state index contributed by atoms with van der Waals surface area (Å²) in [5, 5.41) is 23.6. The molecule has 2 heterocycles. The number of carbonyl (C=O) groups excluding carboxylic acids is 1. The molecule has 0 bridgehead atoms. The molecule has 1 saturated heterocycles. The number of carboxylic acids is 1. The topological polar surface area (TPSA) is 99.1 Å². The number of carboxylic acid groups (broad SMARTS) is 1. The molecule has 3 rings (SSSR count). The van der Waals surface area contributed by atoms with Crippen LogP contribution in [-0.4, -0.2) is 45.0 Å². The Hall–Kier alpha value is -2.28. The number of carbonyl (C=O) groups is 2. The van der Waals surface area contributed by atoms with Gasteiger partial charge in [-0.3, -0.25) is 4.90 Å². The number of rotatable bonds is 1. The Kier molecular flexibility index (Phi) is 3.30. The minimum Gasteiger partial charge on any atom is -0.480 e. The number of amides is 1. The fourth-order valence-electron chi connectivity index (χ4n) is 3.25. The van der Waals surface area contributed by atoms with Gasteiger partial charge in [0.15, 0.2) is 0 Å². The van der Waals surface area contributed by atoms with Gasteiger partial charge in [-0.05, 0) is 26.8 Å². The molecule has 0 saturated carbocycles. The standard InChI is InChI=1S/C16H20N2O5/c1-15(2,3)23-14(21)18-11(12(19)20)8-16(22)9-6-4-5-7-10(9)17-13(16)18/h4-7,11,13,17,22H,8H2,1-3H3,(H,19,20)/t11-,13?,16?/m0/s1. The smallest absolute Gasteiger partial charge is 0.412 e. The second-order valence-electron chi connectivity index (χ2n) is 6.96. The average Bonchev–Trinajstić information content (AvgIpc) is 2.86. The van der Waals surface area contributed by atoms with E-state index in [1.54, 1.807) is 39.0 Å². The van der Waals surface area contributed by atoms with Crippen LogP contribution in [0.1, 0.15) is 32.8 Å². The molecule has 1 aromatic carbocycles. The van der Waals surface area contributed by atoms with E-state index >= 15 is 0 Å². The molecular weight excluding hydrogens is 300 g/mol. The van der Waals surface area contributed by atoms with Gasteiger partial charge in [0.05, 0.1) is 0 Å². The maximum atomic E-state index is 12.5. The molecule has 0 aromatic heterocycles. The number of ether oxygens (including phenoxy) is 1. The number of aliphatic carboxylic acids is 1. The number of benzene rings is 1. The molecule has 3 atom stereocenters. The van der Waals surface area contributed by atoms with E-state index in [1.807, 2.05) is 6.07 Å². The summed E-state index contributed by atoms with van der Waals surface area (Å²) in [5.74, 6) is -1.17. The lowest BCUT2D eigenvalue weighted by atomic mass is 9.91. The van der Waals surface area contributed by atoms with Gasteiger partial charge < -0.3 is 20.3 Å². The first-order chi connectivity index (χ1) is 10.6. The van der Waals surface area contributed by atoms with Crippen LogP contribution in [0.4, 0.5) is 10.5 Å². The summed E-state index contributed by atoms with van der Waals surface area (Å²) in [4.78, 5) is 25.2. The van der Waals surface area contributed by atoms with E-state index in [0.29, 0.717) is 11.3 Å². The van der Waals surface area contributed by atoms with Gasteiger partial charge in [0.25, 0.3) is 0 Å². The van der Waals surface area contributed by atoms with Gasteiger partial charge in [0.1, 0.15) is 23.4 Å². The third kappa shape index (κ3) is 2.41. The van der Waals surface area contributed by atoms with Crippen LogP contribution in [0.25, 0.3) is 0 Å². The van der Waals surface area contributed by atoms with Crippen LogP contribution in [0.3, 0.4) is 0 Å². The van der Waals surface area contributed by atoms with Crippen LogP contribution in [0.2, 0.25) is 0 Å². The van der Waals surface area contributed by atoms with Gasteiger partial charge in [-0.25, -0.2) is 9.59 Å². The van der Waals surface area contributed by atoms with Crippen molar-refractivity contribution in [2.75, 3.05) is 5.32 Å². The Morgan fingerprint density at radius 2 is 2.00 bits per heavy atom. The Balaban J connectivity index is 1.99. The number of anilines is 1. The van der Waals surface area contributed by atoms with Crippen molar-refractivity contribution >= 4 is 17.7 Å². The van der Waals surface area contributed by atoms with Gasteiger partial charge in [-0.2, -0.15) is 0 Å². The first-order valence-electron chi connectivity index (χ1n) is 7.46. The number of nitrogens with zero attached hydrogens (tertiary/aromatic N) is 1. The van der Waals surface area contributed by atoms with E-state index in [9.17, 15) is 19.8 Å². The summed E-state index contributed by atoms with van der Waals surface area (Å²) in [6, 6.07) is 5.95. The van der Waals surface area contributed by atoms with Crippen LogP contribution in [0, 0.1) is 0 Å². The molecule has 2 unspecified atom stereocenters. The van der Waals surface area contributed by atoms with Crippen LogP contribution >= 0.6 is 0 Å². The highest BCUT2D eigenvalue weighted by Gasteiger charge is 2.61. The van der Waals surface area contributed by atoms with E-state index < -0.39 is 35.5 Å².